The second-order valence-electron chi connectivity index (χ2n) is 37.3. The van der Waals surface area contributed by atoms with Gasteiger partial charge in [0.25, 0.3) is 0 Å². The van der Waals surface area contributed by atoms with Crippen molar-refractivity contribution in [2.45, 2.75) is 167 Å². The number of hydrogen-bond acceptors (Lipinski definition) is 19. The number of pyridine rings is 10. The maximum atomic E-state index is 7.23. The van der Waals surface area contributed by atoms with Crippen molar-refractivity contribution >= 4 is 72.6 Å². The summed E-state index contributed by atoms with van der Waals surface area (Å²) in [5.74, 6) is 6.55. The first kappa shape index (κ1) is 88.1. The summed E-state index contributed by atoms with van der Waals surface area (Å²) < 4.78 is 29.4. The van der Waals surface area contributed by atoms with Gasteiger partial charge in [-0.25, -0.2) is 24.8 Å². The predicted octanol–water partition coefficient (Wildman–Crippen LogP) is 24.6. The van der Waals surface area contributed by atoms with Crippen LogP contribution < -0.4 is 24.3 Å². The van der Waals surface area contributed by atoms with Gasteiger partial charge < -0.3 is 43.3 Å². The molecule has 20 heteroatoms. The fourth-order valence-electron chi connectivity index (χ4n) is 20.2. The standard InChI is InChI=1S/C30H28N4O.C30H31N3O.C28H28N4O.C26H26N4O2/c1-19-17-34(18-20(2)35-19)28-14-11-23(15-32-28)27-16-33-30-25(21-9-12-24(31-3)13-10-21)5-4-6-26(30)29(27)22-7-8-22;1-19-7-9-22(10-8-19)25-5-4-6-26-29(23-11-12-23)27(16-32-30(25)26)24-13-14-28(31-15-24)33-17-20(2)34-21(3)18-33;1-18-16-32(17-19(2)33-18)26-12-11-21(14-30-26)24-15-31-28-22(25-8-3-4-13-29-25)6-5-7-23(28)27(24)20-9-10-20;1-17-15-30(16-18(2)32-17)24-11-10-19(13-28-24)22-14-29-25-20(23-9-4-5-12-27-23)7-6-8-21(25)26(22)31-3/h4-6,9-16,19-20,22H,7-8,17-18H2,1-2H3;4-10,13-16,20-21,23H,11-12,17-18H2,1-3H3;3-8,11-15,18-20H,9-10,16-17H2,1-2H3;4-14,17-18H,15-16H2,1-3H3/t19-,20-;20-,21+;18-,19+;17-,18+/m1.../s1. The minimum atomic E-state index is 0.193. The lowest BCUT2D eigenvalue weighted by Crippen LogP contribution is -2.45. The summed E-state index contributed by atoms with van der Waals surface area (Å²) in [7, 11) is 1.70. The third-order valence-electron chi connectivity index (χ3n) is 26.6. The highest BCUT2D eigenvalue weighted by molar-refractivity contribution is 6.03. The number of methoxy groups -OCH3 is 1. The largest absolute Gasteiger partial charge is 0.495 e. The number of fused-ring (bicyclic) bond motifs is 4. The molecule has 10 aromatic heterocycles. The topological polar surface area (TPSA) is 192 Å². The normalized spacial score (nSPS) is 20.1. The lowest BCUT2D eigenvalue weighted by atomic mass is 9.92. The molecular weight excluding hydrogens is 1660 g/mol. The van der Waals surface area contributed by atoms with Gasteiger partial charge >= 0.3 is 0 Å². The molecule has 4 saturated heterocycles. The van der Waals surface area contributed by atoms with Crippen LogP contribution in [-0.4, -0.2) is 158 Å². The summed E-state index contributed by atoms with van der Waals surface area (Å²) in [5, 5.41) is 4.68. The van der Waals surface area contributed by atoms with Gasteiger partial charge in [-0.05, 0) is 225 Å². The van der Waals surface area contributed by atoms with E-state index in [1.807, 2.05) is 122 Å². The van der Waals surface area contributed by atoms with E-state index >= 15 is 0 Å². The molecule has 20 nitrogen and oxygen atoms in total. The number of nitrogens with zero attached hydrogens (tertiary/aromatic N) is 15. The van der Waals surface area contributed by atoms with Gasteiger partial charge in [-0.1, -0.05) is 133 Å². The number of hydrogen-bond donors (Lipinski definition) is 0. The first-order valence-electron chi connectivity index (χ1n) is 47.5. The number of aryl methyl sites for hydroxylation is 1. The molecule has 7 fully saturated rings. The molecule has 7 aliphatic rings. The molecule has 134 heavy (non-hydrogen) atoms. The van der Waals surface area contributed by atoms with Gasteiger partial charge in [0.1, 0.15) is 29.0 Å². The third-order valence-corrected chi connectivity index (χ3v) is 26.6. The zero-order valence-corrected chi connectivity index (χ0v) is 77.9. The Balaban J connectivity index is 0.000000111. The van der Waals surface area contributed by atoms with Crippen molar-refractivity contribution < 1.29 is 23.7 Å². The van der Waals surface area contributed by atoms with E-state index in [2.05, 4.69) is 236 Å². The second-order valence-corrected chi connectivity index (χ2v) is 37.3. The van der Waals surface area contributed by atoms with Gasteiger partial charge in [0.2, 0.25) is 0 Å². The Morgan fingerprint density at radius 2 is 0.575 bits per heavy atom. The maximum absolute atomic E-state index is 7.23. The van der Waals surface area contributed by atoms with E-state index in [1.165, 1.54) is 105 Å². The van der Waals surface area contributed by atoms with E-state index in [0.717, 1.165) is 170 Å². The second kappa shape index (κ2) is 38.8. The Kier molecular flexibility index (Phi) is 25.5. The Bertz CT molecular complexity index is 6880. The predicted molar refractivity (Wildman–Crippen MR) is 540 cm³/mol. The quantitative estimate of drug-likeness (QED) is 0.0829. The van der Waals surface area contributed by atoms with Crippen molar-refractivity contribution in [1.29, 1.82) is 0 Å². The number of rotatable bonds is 16. The van der Waals surface area contributed by atoms with Gasteiger partial charge in [-0.2, -0.15) is 0 Å². The monoisotopic (exact) mass is 1770 g/mol. The first-order valence-corrected chi connectivity index (χ1v) is 47.5. The number of benzene rings is 6. The van der Waals surface area contributed by atoms with E-state index in [4.69, 9.17) is 70.1 Å². The van der Waals surface area contributed by atoms with Crippen molar-refractivity contribution in [3.8, 4) is 95.0 Å². The highest BCUT2D eigenvalue weighted by atomic mass is 16.5. The Morgan fingerprint density at radius 1 is 0.284 bits per heavy atom. The molecule has 0 bridgehead atoms. The number of morpholine rings is 4. The van der Waals surface area contributed by atoms with Crippen LogP contribution in [0.25, 0.3) is 138 Å². The molecule has 6 aromatic carbocycles. The van der Waals surface area contributed by atoms with Gasteiger partial charge in [0, 0.05) is 203 Å². The fraction of sp³-hybridized carbons (Fsp3) is 0.307. The molecule has 23 rings (SSSR count). The zero-order chi connectivity index (χ0) is 91.6. The van der Waals surface area contributed by atoms with Crippen molar-refractivity contribution in [2.24, 2.45) is 0 Å². The average Bonchev–Trinajstić information content (AvgIpc) is 1.55. The lowest BCUT2D eigenvalue weighted by molar-refractivity contribution is -0.00572. The van der Waals surface area contributed by atoms with Crippen LogP contribution in [-0.2, 0) is 18.9 Å². The summed E-state index contributed by atoms with van der Waals surface area (Å²) in [5.41, 5.74) is 27.6. The SMILES string of the molecule is COc1c(-c2ccc(N3C[C@@H](C)O[C@@H](C)C3)nc2)cnc2c(-c3ccccn3)cccc12.C[C@@H]1CN(c2ccc(-c3cnc4c(-c5ccccn5)cccc4c3C3CC3)cn2)C[C@H](C)O1.Cc1ccc(-c2cccc3c(C4CC4)c(-c4ccc(N5C[C@@H](C)O[C@@H](C)C5)nc4)cnc23)cc1.[C-]#[N+]c1ccc(-c2cccc3c(C4CC4)c(-c4ccc(N5C[C@@H](C)O[C@H](C)C5)nc4)cnc23)cc1. The van der Waals surface area contributed by atoms with Crippen LogP contribution in [0.2, 0.25) is 0 Å². The van der Waals surface area contributed by atoms with Crippen LogP contribution in [0.4, 0.5) is 29.0 Å². The first-order chi connectivity index (χ1) is 65.5. The molecule has 0 spiro atoms. The number of aromatic nitrogens is 10. The van der Waals surface area contributed by atoms with Crippen LogP contribution in [0, 0.1) is 13.5 Å². The summed E-state index contributed by atoms with van der Waals surface area (Å²) in [4.78, 5) is 60.8. The van der Waals surface area contributed by atoms with Crippen LogP contribution in [0.15, 0.2) is 268 Å². The molecule has 3 aliphatic carbocycles. The van der Waals surface area contributed by atoms with Gasteiger partial charge in [0.15, 0.2) is 5.69 Å². The Morgan fingerprint density at radius 3 is 0.873 bits per heavy atom. The summed E-state index contributed by atoms with van der Waals surface area (Å²) >= 11 is 0. The summed E-state index contributed by atoms with van der Waals surface area (Å²) in [6, 6.07) is 71.3. The highest BCUT2D eigenvalue weighted by Gasteiger charge is 2.35. The Hall–Kier alpha value is -13.8. The molecule has 14 heterocycles. The molecular formula is C114H113N15O5. The third kappa shape index (κ3) is 19.1. The van der Waals surface area contributed by atoms with E-state index in [0.29, 0.717) is 23.4 Å². The number of anilines is 4. The Labute approximate surface area is 784 Å². The van der Waals surface area contributed by atoms with E-state index in [9.17, 15) is 0 Å². The molecule has 674 valence electrons. The highest BCUT2D eigenvalue weighted by Crippen LogP contribution is 2.52. The summed E-state index contributed by atoms with van der Waals surface area (Å²) in [6.45, 7) is 33.2. The fourth-order valence-corrected chi connectivity index (χ4v) is 20.2. The van der Waals surface area contributed by atoms with Crippen molar-refractivity contribution in [2.75, 3.05) is 79.1 Å². The van der Waals surface area contributed by atoms with Gasteiger partial charge in [0.05, 0.1) is 96.0 Å². The van der Waals surface area contributed by atoms with Crippen molar-refractivity contribution in [1.82, 2.24) is 49.8 Å². The number of ether oxygens (including phenoxy) is 5. The van der Waals surface area contributed by atoms with Gasteiger partial charge in [-0.15, -0.1) is 0 Å². The van der Waals surface area contributed by atoms with Crippen LogP contribution in [0.3, 0.4) is 0 Å². The van der Waals surface area contributed by atoms with E-state index in [1.54, 1.807) is 13.3 Å². The number of para-hydroxylation sites is 4. The minimum Gasteiger partial charge on any atom is -0.495 e. The molecule has 0 N–H and O–H groups in total. The smallest absolute Gasteiger partial charge is 0.187 e. The van der Waals surface area contributed by atoms with E-state index in [-0.39, 0.29) is 48.8 Å². The molecule has 0 unspecified atom stereocenters. The maximum Gasteiger partial charge on any atom is 0.187 e. The molecule has 3 saturated carbocycles. The van der Waals surface area contributed by atoms with Gasteiger partial charge in [-0.3, -0.25) is 29.9 Å². The molecule has 0 radical (unpaired) electrons. The zero-order valence-electron chi connectivity index (χ0n) is 77.9. The average molecular weight is 1770 g/mol. The van der Waals surface area contributed by atoms with Crippen LogP contribution in [0.5, 0.6) is 5.75 Å². The lowest BCUT2D eigenvalue weighted by Gasteiger charge is -2.36. The van der Waals surface area contributed by atoms with Crippen LogP contribution >= 0.6 is 0 Å². The van der Waals surface area contributed by atoms with Crippen LogP contribution in [0.1, 0.15) is 134 Å². The molecule has 8 atom stereocenters. The van der Waals surface area contributed by atoms with Crippen molar-refractivity contribution in [3.63, 3.8) is 0 Å². The molecule has 4 aliphatic heterocycles. The van der Waals surface area contributed by atoms with Crippen molar-refractivity contribution in [3.05, 3.63) is 302 Å². The molecule has 16 aromatic rings. The summed E-state index contributed by atoms with van der Waals surface area (Å²) in [6.07, 6.45) is 28.6. The molecule has 0 amide bonds. The minimum absolute atomic E-state index is 0.193. The van der Waals surface area contributed by atoms with E-state index < -0.39 is 0 Å².